The van der Waals surface area contributed by atoms with Gasteiger partial charge in [-0.1, -0.05) is 5.10 Å². The third-order valence-corrected chi connectivity index (χ3v) is 6.92. The van der Waals surface area contributed by atoms with Crippen molar-refractivity contribution in [2.75, 3.05) is 5.32 Å². The molecule has 33 heavy (non-hydrogen) atoms. The summed E-state index contributed by atoms with van der Waals surface area (Å²) in [6.45, 7) is 0. The molecule has 2 aliphatic carbocycles. The molecule has 8 nitrogen and oxygen atoms in total. The molecule has 0 spiro atoms. The number of carboxylic acids is 1. The molecule has 0 atom stereocenters. The molecule has 1 heterocycles. The van der Waals surface area contributed by atoms with Crippen LogP contribution in [0.15, 0.2) is 22.6 Å². The van der Waals surface area contributed by atoms with Gasteiger partial charge in [-0.25, -0.2) is 8.78 Å². The van der Waals surface area contributed by atoms with Crippen molar-refractivity contribution in [3.63, 3.8) is 0 Å². The van der Waals surface area contributed by atoms with Crippen LogP contribution < -0.4 is 10.6 Å². The average Bonchev–Trinajstić information content (AvgIpc) is 3.25. The van der Waals surface area contributed by atoms with Crippen molar-refractivity contribution >= 4 is 23.6 Å². The molecule has 178 valence electrons. The summed E-state index contributed by atoms with van der Waals surface area (Å²) in [5, 5.41) is 21.9. The third kappa shape index (κ3) is 6.06. The molecule has 0 unspecified atom stereocenters. The minimum absolute atomic E-state index is 0.0231. The highest BCUT2D eigenvalue weighted by atomic mass is 19.1. The molecule has 2 aromatic rings. The highest BCUT2D eigenvalue weighted by Crippen LogP contribution is 2.40. The molecule has 2 fully saturated rings. The van der Waals surface area contributed by atoms with Crippen LogP contribution >= 0.6 is 0 Å². The number of aromatic nitrogens is 2. The molecule has 10 heteroatoms. The molecule has 0 saturated heterocycles. The Balaban J connectivity index is 1.22. The fourth-order valence-electron chi connectivity index (χ4n) is 5.16. The van der Waals surface area contributed by atoms with Crippen LogP contribution in [0.25, 0.3) is 0 Å². The maximum Gasteiger partial charge on any atom is 0.320 e. The Kier molecular flexibility index (Phi) is 7.20. The van der Waals surface area contributed by atoms with Crippen LogP contribution in [-0.4, -0.2) is 33.2 Å². The molecule has 4 rings (SSSR count). The highest BCUT2D eigenvalue weighted by Gasteiger charge is 2.32. The Labute approximate surface area is 190 Å². The summed E-state index contributed by atoms with van der Waals surface area (Å²) in [7, 11) is 0. The first-order valence-electron chi connectivity index (χ1n) is 11.5. The van der Waals surface area contributed by atoms with Gasteiger partial charge in [0.05, 0.1) is 5.69 Å². The molecule has 0 bridgehead atoms. The largest absolute Gasteiger partial charge is 0.481 e. The Morgan fingerprint density at radius 1 is 1.00 bits per heavy atom. The van der Waals surface area contributed by atoms with E-state index in [1.54, 1.807) is 0 Å². The van der Waals surface area contributed by atoms with Crippen molar-refractivity contribution in [2.24, 2.45) is 17.8 Å². The lowest BCUT2D eigenvalue weighted by atomic mass is 9.70. The quantitative estimate of drug-likeness (QED) is 0.548. The van der Waals surface area contributed by atoms with Crippen molar-refractivity contribution in [1.29, 1.82) is 0 Å². The molecule has 2 aliphatic rings. The number of aliphatic carboxylic acids is 1. The summed E-state index contributed by atoms with van der Waals surface area (Å²) < 4.78 is 32.0. The number of halogens is 2. The molecule has 0 radical (unpaired) electrons. The maximum atomic E-state index is 13.8. The monoisotopic (exact) mass is 462 g/mol. The molecule has 0 aliphatic heterocycles. The minimum atomic E-state index is -0.814. The van der Waals surface area contributed by atoms with Crippen LogP contribution in [0.4, 0.5) is 20.5 Å². The van der Waals surface area contributed by atoms with Crippen LogP contribution in [-0.2, 0) is 4.79 Å². The zero-order valence-corrected chi connectivity index (χ0v) is 18.2. The van der Waals surface area contributed by atoms with E-state index >= 15 is 0 Å². The lowest BCUT2D eigenvalue weighted by Crippen LogP contribution is -2.39. The van der Waals surface area contributed by atoms with Crippen LogP contribution in [0.3, 0.4) is 0 Å². The third-order valence-electron chi connectivity index (χ3n) is 6.92. The van der Waals surface area contributed by atoms with E-state index < -0.39 is 23.5 Å². The summed E-state index contributed by atoms with van der Waals surface area (Å²) in [5.41, 5.74) is -0.0395. The Morgan fingerprint density at radius 2 is 1.67 bits per heavy atom. The molecule has 1 aromatic heterocycles. The van der Waals surface area contributed by atoms with Gasteiger partial charge in [-0.05, 0) is 81.3 Å². The number of hydrogen-bond donors (Lipinski definition) is 3. The molecule has 1 aromatic carbocycles. The zero-order valence-electron chi connectivity index (χ0n) is 18.2. The van der Waals surface area contributed by atoms with Gasteiger partial charge in [-0.15, -0.1) is 5.10 Å². The van der Waals surface area contributed by atoms with Gasteiger partial charge in [0.1, 0.15) is 11.6 Å². The van der Waals surface area contributed by atoms with Gasteiger partial charge >= 0.3 is 23.8 Å². The van der Waals surface area contributed by atoms with Gasteiger partial charge in [0.2, 0.25) is 0 Å². The Hall–Kier alpha value is -3.04. The summed E-state index contributed by atoms with van der Waals surface area (Å²) in [4.78, 5) is 23.4. The van der Waals surface area contributed by atoms with Gasteiger partial charge in [0.15, 0.2) is 0 Å². The second-order valence-electron chi connectivity index (χ2n) is 9.13. The fraction of sp³-hybridized carbons (Fsp3) is 0.565. The summed E-state index contributed by atoms with van der Waals surface area (Å²) >= 11 is 0. The highest BCUT2D eigenvalue weighted by molar-refractivity contribution is 5.89. The van der Waals surface area contributed by atoms with Crippen molar-refractivity contribution in [3.05, 3.63) is 35.7 Å². The summed E-state index contributed by atoms with van der Waals surface area (Å²) in [6, 6.07) is 2.88. The number of carbonyl (C=O) groups excluding carboxylic acids is 1. The SMILES string of the molecule is O=C(O)CC1CCC(C2CCC(NC(=O)c3nnc(Nc4ccc(F)cc4F)o3)CC2)CC1. The smallest absolute Gasteiger partial charge is 0.320 e. The van der Waals surface area contributed by atoms with Gasteiger partial charge in [0.25, 0.3) is 0 Å². The van der Waals surface area contributed by atoms with E-state index in [1.807, 2.05) is 0 Å². The first-order chi connectivity index (χ1) is 15.9. The van der Waals surface area contributed by atoms with E-state index in [0.29, 0.717) is 17.8 Å². The minimum Gasteiger partial charge on any atom is -0.481 e. The number of amides is 1. The molecule has 1 amide bonds. The fourth-order valence-corrected chi connectivity index (χ4v) is 5.16. The van der Waals surface area contributed by atoms with E-state index in [-0.39, 0.29) is 30.1 Å². The topological polar surface area (TPSA) is 117 Å². The maximum absolute atomic E-state index is 13.8. The zero-order chi connectivity index (χ0) is 23.4. The summed E-state index contributed by atoms with van der Waals surface area (Å²) in [5.74, 6) is -1.36. The number of carboxylic acid groups (broad SMARTS) is 1. The standard InChI is InChI=1S/C23H28F2N4O4/c24-16-7-10-19(18(25)12-16)27-23-29-28-22(33-23)21(32)26-17-8-5-15(6-9-17)14-3-1-13(2-4-14)11-20(30)31/h7,10,12-15,17H,1-6,8-9,11H2,(H,26,32)(H,27,29)(H,30,31). The number of nitrogens with zero attached hydrogens (tertiary/aromatic N) is 2. The number of hydrogen-bond acceptors (Lipinski definition) is 6. The molecule has 2 saturated carbocycles. The van der Waals surface area contributed by atoms with Gasteiger partial charge in [-0.3, -0.25) is 9.59 Å². The van der Waals surface area contributed by atoms with Crippen LogP contribution in [0, 0.1) is 29.4 Å². The number of carbonyl (C=O) groups is 2. The Morgan fingerprint density at radius 3 is 2.30 bits per heavy atom. The van der Waals surface area contributed by atoms with E-state index in [9.17, 15) is 18.4 Å². The van der Waals surface area contributed by atoms with E-state index in [2.05, 4.69) is 20.8 Å². The molecular weight excluding hydrogens is 434 g/mol. The predicted molar refractivity (Wildman–Crippen MR) is 115 cm³/mol. The Bertz CT molecular complexity index is 983. The number of anilines is 2. The number of rotatable bonds is 7. The number of benzene rings is 1. The van der Waals surface area contributed by atoms with Gasteiger partial charge in [-0.2, -0.15) is 0 Å². The van der Waals surface area contributed by atoms with E-state index in [1.165, 1.54) is 6.07 Å². The normalized spacial score (nSPS) is 25.4. The van der Waals surface area contributed by atoms with Crippen LogP contribution in [0.1, 0.15) is 68.5 Å². The van der Waals surface area contributed by atoms with Crippen molar-refractivity contribution in [2.45, 2.75) is 63.8 Å². The van der Waals surface area contributed by atoms with Crippen molar-refractivity contribution < 1.29 is 27.9 Å². The van der Waals surface area contributed by atoms with Gasteiger partial charge in [0, 0.05) is 18.5 Å². The van der Waals surface area contributed by atoms with Crippen LogP contribution in [0.2, 0.25) is 0 Å². The first-order valence-corrected chi connectivity index (χ1v) is 11.5. The second kappa shape index (κ2) is 10.3. The second-order valence-corrected chi connectivity index (χ2v) is 9.13. The molecule has 3 N–H and O–H groups in total. The number of nitrogens with one attached hydrogen (secondary N) is 2. The van der Waals surface area contributed by atoms with E-state index in [4.69, 9.17) is 9.52 Å². The van der Waals surface area contributed by atoms with E-state index in [0.717, 1.165) is 63.5 Å². The van der Waals surface area contributed by atoms with Crippen molar-refractivity contribution in [3.8, 4) is 0 Å². The van der Waals surface area contributed by atoms with Gasteiger partial charge < -0.3 is 20.2 Å². The first kappa shape index (κ1) is 23.1. The lowest BCUT2D eigenvalue weighted by molar-refractivity contribution is -0.138. The van der Waals surface area contributed by atoms with Crippen LogP contribution in [0.5, 0.6) is 0 Å². The summed E-state index contributed by atoms with van der Waals surface area (Å²) in [6.07, 6.45) is 8.22. The predicted octanol–water partition coefficient (Wildman–Crippen LogP) is 4.66. The average molecular weight is 462 g/mol. The lowest BCUT2D eigenvalue weighted by Gasteiger charge is -2.37. The molecular formula is C23H28F2N4O4. The van der Waals surface area contributed by atoms with Crippen molar-refractivity contribution in [1.82, 2.24) is 15.5 Å².